The summed E-state index contributed by atoms with van der Waals surface area (Å²) in [5, 5.41) is 9.06. The summed E-state index contributed by atoms with van der Waals surface area (Å²) < 4.78 is 39.3. The number of sulfonamides is 1. The molecule has 3 rings (SSSR count). The van der Waals surface area contributed by atoms with Gasteiger partial charge in [0.15, 0.2) is 0 Å². The van der Waals surface area contributed by atoms with E-state index < -0.39 is 21.9 Å². The van der Waals surface area contributed by atoms with Crippen molar-refractivity contribution in [1.29, 1.82) is 0 Å². The van der Waals surface area contributed by atoms with Crippen molar-refractivity contribution < 1.29 is 27.8 Å². The van der Waals surface area contributed by atoms with Gasteiger partial charge in [-0.2, -0.15) is 0 Å². The summed E-state index contributed by atoms with van der Waals surface area (Å²) in [5.74, 6) is -0.249. The number of carboxylic acid groups (broad SMARTS) is 1. The molecule has 0 spiro atoms. The third-order valence-corrected chi connectivity index (χ3v) is 6.91. The van der Waals surface area contributed by atoms with E-state index >= 15 is 0 Å². The van der Waals surface area contributed by atoms with E-state index in [1.807, 2.05) is 12.1 Å². The number of benzene rings is 3. The van der Waals surface area contributed by atoms with Crippen molar-refractivity contribution in [2.45, 2.75) is 43.9 Å². The van der Waals surface area contributed by atoms with E-state index in [4.69, 9.17) is 14.6 Å². The van der Waals surface area contributed by atoms with Gasteiger partial charge < -0.3 is 14.6 Å². The highest BCUT2D eigenvalue weighted by atomic mass is 32.2. The summed E-state index contributed by atoms with van der Waals surface area (Å²) in [4.78, 5) is 11.2. The van der Waals surface area contributed by atoms with Crippen molar-refractivity contribution in [3.8, 4) is 11.5 Å². The predicted octanol–water partition coefficient (Wildman–Crippen LogP) is 5.43. The third-order valence-electron chi connectivity index (χ3n) is 5.51. The zero-order valence-electron chi connectivity index (χ0n) is 20.3. The maximum absolute atomic E-state index is 12.7. The summed E-state index contributed by atoms with van der Waals surface area (Å²) in [6, 6.07) is 20.4. The molecule has 3 aromatic carbocycles. The van der Waals surface area contributed by atoms with Gasteiger partial charge in [0.25, 0.3) is 10.0 Å². The second kappa shape index (κ2) is 10.8. The van der Waals surface area contributed by atoms with Crippen molar-refractivity contribution in [1.82, 2.24) is 0 Å². The average molecular weight is 498 g/mol. The largest absolute Gasteiger partial charge is 0.490 e. The molecule has 0 fully saturated rings. The van der Waals surface area contributed by atoms with Crippen molar-refractivity contribution in [3.05, 3.63) is 83.9 Å². The molecule has 35 heavy (non-hydrogen) atoms. The highest BCUT2D eigenvalue weighted by Gasteiger charge is 2.18. The smallest absolute Gasteiger partial charge is 0.310 e. The van der Waals surface area contributed by atoms with Crippen molar-refractivity contribution in [3.63, 3.8) is 0 Å². The maximum Gasteiger partial charge on any atom is 0.310 e. The molecule has 0 heterocycles. The predicted molar refractivity (Wildman–Crippen MR) is 136 cm³/mol. The number of rotatable bonds is 10. The highest BCUT2D eigenvalue weighted by Crippen LogP contribution is 2.25. The Bertz CT molecular complexity index is 1230. The van der Waals surface area contributed by atoms with Gasteiger partial charge in [0.2, 0.25) is 0 Å². The molecular formula is C27H31NO6S. The average Bonchev–Trinajstić information content (AvgIpc) is 2.82. The van der Waals surface area contributed by atoms with Crippen molar-refractivity contribution in [2.24, 2.45) is 0 Å². The van der Waals surface area contributed by atoms with Gasteiger partial charge in [-0.3, -0.25) is 9.52 Å². The van der Waals surface area contributed by atoms with E-state index in [1.165, 1.54) is 0 Å². The highest BCUT2D eigenvalue weighted by molar-refractivity contribution is 7.92. The number of aliphatic carboxylic acids is 1. The maximum atomic E-state index is 12.7. The van der Waals surface area contributed by atoms with Gasteiger partial charge in [-0.05, 0) is 72.0 Å². The van der Waals surface area contributed by atoms with Crippen LogP contribution < -0.4 is 14.2 Å². The fourth-order valence-electron chi connectivity index (χ4n) is 3.28. The molecule has 0 aliphatic rings. The number of carboxylic acids is 1. The molecule has 186 valence electrons. The lowest BCUT2D eigenvalue weighted by molar-refractivity contribution is -0.138. The van der Waals surface area contributed by atoms with Gasteiger partial charge in [-0.15, -0.1) is 0 Å². The molecule has 1 atom stereocenters. The fraction of sp³-hybridized carbons (Fsp3) is 0.296. The van der Waals surface area contributed by atoms with Crippen LogP contribution in [0.25, 0.3) is 0 Å². The molecule has 7 nitrogen and oxygen atoms in total. The second-order valence-corrected chi connectivity index (χ2v) is 10.9. The normalized spacial score (nSPS) is 12.6. The number of nitrogens with one attached hydrogen (secondary N) is 1. The minimum absolute atomic E-state index is 0.0537. The molecule has 2 N–H and O–H groups in total. The van der Waals surface area contributed by atoms with Crippen LogP contribution in [0.2, 0.25) is 0 Å². The first-order valence-corrected chi connectivity index (χ1v) is 12.8. The Kier molecular flexibility index (Phi) is 8.07. The van der Waals surface area contributed by atoms with Crippen LogP contribution in [0, 0.1) is 0 Å². The first kappa shape index (κ1) is 26.1. The quantitative estimate of drug-likeness (QED) is 0.362. The van der Waals surface area contributed by atoms with E-state index in [-0.39, 0.29) is 10.3 Å². The minimum Gasteiger partial charge on any atom is -0.490 e. The zero-order chi connectivity index (χ0) is 25.6. The molecule has 0 aliphatic heterocycles. The zero-order valence-corrected chi connectivity index (χ0v) is 21.1. The molecule has 0 amide bonds. The van der Waals surface area contributed by atoms with Gasteiger partial charge in [-0.25, -0.2) is 8.42 Å². The monoisotopic (exact) mass is 497 g/mol. The summed E-state index contributed by atoms with van der Waals surface area (Å²) in [6.07, 6.45) is 0. The standard InChI is InChI=1S/C27H31NO6S/c1-19(26(29)30)20-5-11-23(12-6-20)33-17-18-34-24-13-9-22(10-14-24)28-35(31,32)25-15-7-21(8-16-25)27(2,3)4/h5-16,19,28H,17-18H2,1-4H3,(H,29,30). The van der Waals surface area contributed by atoms with E-state index in [2.05, 4.69) is 25.5 Å². The number of ether oxygens (including phenoxy) is 2. The van der Waals surface area contributed by atoms with Crippen molar-refractivity contribution in [2.75, 3.05) is 17.9 Å². The van der Waals surface area contributed by atoms with E-state index in [0.717, 1.165) is 5.56 Å². The number of hydrogen-bond donors (Lipinski definition) is 2. The molecular weight excluding hydrogens is 466 g/mol. The van der Waals surface area contributed by atoms with Crippen molar-refractivity contribution >= 4 is 21.7 Å². The summed E-state index contributed by atoms with van der Waals surface area (Å²) in [6.45, 7) is 8.45. The Labute approximate surface area is 206 Å². The summed E-state index contributed by atoms with van der Waals surface area (Å²) >= 11 is 0. The molecule has 0 saturated carbocycles. The van der Waals surface area contributed by atoms with Gasteiger partial charge >= 0.3 is 5.97 Å². The molecule has 1 unspecified atom stereocenters. The van der Waals surface area contributed by atoms with E-state index in [1.54, 1.807) is 67.6 Å². The van der Waals surface area contributed by atoms with Gasteiger partial charge in [0.05, 0.1) is 10.8 Å². The van der Waals surface area contributed by atoms with Crippen LogP contribution >= 0.6 is 0 Å². The number of carbonyl (C=O) groups is 1. The molecule has 8 heteroatoms. The summed E-state index contributed by atoms with van der Waals surface area (Å²) in [7, 11) is -3.70. The van der Waals surface area contributed by atoms with Crippen LogP contribution in [0.4, 0.5) is 5.69 Å². The van der Waals surface area contributed by atoms with Crippen LogP contribution in [0.3, 0.4) is 0 Å². The molecule has 0 bridgehead atoms. The summed E-state index contributed by atoms with van der Waals surface area (Å²) in [5.41, 5.74) is 2.15. The lowest BCUT2D eigenvalue weighted by atomic mass is 9.87. The minimum atomic E-state index is -3.70. The van der Waals surface area contributed by atoms with Crippen LogP contribution in [0.1, 0.15) is 44.7 Å². The van der Waals surface area contributed by atoms with Gasteiger partial charge in [-0.1, -0.05) is 45.0 Å². The lowest BCUT2D eigenvalue weighted by Gasteiger charge is -2.19. The van der Waals surface area contributed by atoms with Crippen LogP contribution in [0.5, 0.6) is 11.5 Å². The van der Waals surface area contributed by atoms with E-state index in [0.29, 0.717) is 36.0 Å². The first-order chi connectivity index (χ1) is 16.5. The Balaban J connectivity index is 1.49. The Morgan fingerprint density at radius 2 is 1.34 bits per heavy atom. The molecule has 0 aromatic heterocycles. The molecule has 0 aliphatic carbocycles. The third kappa shape index (κ3) is 7.23. The van der Waals surface area contributed by atoms with E-state index in [9.17, 15) is 13.2 Å². The Hall–Kier alpha value is -3.52. The van der Waals surface area contributed by atoms with Crippen LogP contribution in [0.15, 0.2) is 77.7 Å². The Morgan fingerprint density at radius 1 is 0.857 bits per heavy atom. The fourth-order valence-corrected chi connectivity index (χ4v) is 4.34. The van der Waals surface area contributed by atoms with Gasteiger partial charge in [0.1, 0.15) is 24.7 Å². The van der Waals surface area contributed by atoms with Gasteiger partial charge in [0, 0.05) is 5.69 Å². The van der Waals surface area contributed by atoms with Crippen LogP contribution in [-0.2, 0) is 20.2 Å². The Morgan fingerprint density at radius 3 is 1.80 bits per heavy atom. The second-order valence-electron chi connectivity index (χ2n) is 9.23. The SMILES string of the molecule is CC(C(=O)O)c1ccc(OCCOc2ccc(NS(=O)(=O)c3ccc(C(C)(C)C)cc3)cc2)cc1. The molecule has 3 aromatic rings. The number of hydrogen-bond acceptors (Lipinski definition) is 5. The van der Waals surface area contributed by atoms with Crippen LogP contribution in [-0.4, -0.2) is 32.7 Å². The lowest BCUT2D eigenvalue weighted by Crippen LogP contribution is -2.15. The number of anilines is 1. The molecule has 0 saturated heterocycles. The molecule has 0 radical (unpaired) electrons. The first-order valence-electron chi connectivity index (χ1n) is 11.3. The topological polar surface area (TPSA) is 102 Å².